The first-order chi connectivity index (χ1) is 8.69. The molecule has 0 aromatic carbocycles. The minimum atomic E-state index is 0.754. The molecule has 2 heteroatoms. The molecule has 1 rings (SSSR count). The molecule has 3 unspecified atom stereocenters. The average Bonchev–Trinajstić information content (AvgIpc) is 2.37. The molecule has 0 aliphatic heterocycles. The summed E-state index contributed by atoms with van der Waals surface area (Å²) in [4.78, 5) is 0. The lowest BCUT2D eigenvalue weighted by atomic mass is 9.74. The van der Waals surface area contributed by atoms with Gasteiger partial charge in [0.05, 0.1) is 0 Å². The van der Waals surface area contributed by atoms with Crippen LogP contribution in [0.4, 0.5) is 0 Å². The van der Waals surface area contributed by atoms with Crippen molar-refractivity contribution in [3.05, 3.63) is 0 Å². The van der Waals surface area contributed by atoms with Crippen molar-refractivity contribution < 1.29 is 0 Å². The molecule has 1 fully saturated rings. The van der Waals surface area contributed by atoms with Gasteiger partial charge < -0.3 is 5.32 Å². The predicted molar refractivity (Wildman–Crippen MR) is 85.4 cm³/mol. The summed E-state index contributed by atoms with van der Waals surface area (Å²) in [6, 6.07) is 0.754. The van der Waals surface area contributed by atoms with Gasteiger partial charge in [-0.25, -0.2) is 0 Å². The lowest BCUT2D eigenvalue weighted by molar-refractivity contribution is 0.186. The summed E-state index contributed by atoms with van der Waals surface area (Å²) in [7, 11) is 0. The molecule has 0 bridgehead atoms. The quantitative estimate of drug-likeness (QED) is 0.694. The number of rotatable bonds is 8. The topological polar surface area (TPSA) is 12.0 Å². The van der Waals surface area contributed by atoms with Crippen LogP contribution in [-0.2, 0) is 0 Å². The van der Waals surface area contributed by atoms with Gasteiger partial charge in [0.1, 0.15) is 0 Å². The van der Waals surface area contributed by atoms with E-state index in [0.29, 0.717) is 0 Å². The van der Waals surface area contributed by atoms with Gasteiger partial charge in [-0.15, -0.1) is 0 Å². The van der Waals surface area contributed by atoms with Gasteiger partial charge in [-0.05, 0) is 36.5 Å². The average molecular weight is 272 g/mol. The maximum Gasteiger partial charge on any atom is 0.0188 e. The Labute approximate surface area is 119 Å². The molecule has 0 saturated heterocycles. The number of thioether (sulfide) groups is 1. The van der Waals surface area contributed by atoms with Gasteiger partial charge in [0.25, 0.3) is 0 Å². The largest absolute Gasteiger partial charge is 0.313 e. The van der Waals surface area contributed by atoms with Gasteiger partial charge in [-0.3, -0.25) is 0 Å². The van der Waals surface area contributed by atoms with E-state index in [9.17, 15) is 0 Å². The van der Waals surface area contributed by atoms with Gasteiger partial charge in [0.2, 0.25) is 0 Å². The fraction of sp³-hybridized carbons (Fsp3) is 1.00. The van der Waals surface area contributed by atoms with Crippen molar-refractivity contribution >= 4 is 11.8 Å². The zero-order chi connectivity index (χ0) is 13.4. The lowest BCUT2D eigenvalue weighted by Gasteiger charge is -2.37. The van der Waals surface area contributed by atoms with Crippen LogP contribution in [0.1, 0.15) is 59.8 Å². The molecule has 1 nitrogen and oxygen atoms in total. The third kappa shape index (κ3) is 5.52. The zero-order valence-corrected chi connectivity index (χ0v) is 13.7. The fourth-order valence-corrected chi connectivity index (χ4v) is 4.53. The van der Waals surface area contributed by atoms with Crippen LogP contribution in [-0.4, -0.2) is 24.1 Å². The molecule has 1 saturated carbocycles. The molecule has 0 heterocycles. The molecule has 0 aromatic rings. The first-order valence-corrected chi connectivity index (χ1v) is 9.15. The van der Waals surface area contributed by atoms with E-state index in [4.69, 9.17) is 0 Å². The first kappa shape index (κ1) is 16.4. The van der Waals surface area contributed by atoms with Crippen molar-refractivity contribution in [2.75, 3.05) is 18.1 Å². The summed E-state index contributed by atoms with van der Waals surface area (Å²) >= 11 is 2.15. The number of hydrogen-bond donors (Lipinski definition) is 1. The third-order valence-electron chi connectivity index (χ3n) is 4.22. The molecule has 0 radical (unpaired) electrons. The Morgan fingerprint density at radius 3 is 2.44 bits per heavy atom. The monoisotopic (exact) mass is 271 g/mol. The summed E-state index contributed by atoms with van der Waals surface area (Å²) in [5, 5.41) is 3.77. The van der Waals surface area contributed by atoms with Gasteiger partial charge in [-0.1, -0.05) is 53.4 Å². The molecule has 108 valence electrons. The fourth-order valence-electron chi connectivity index (χ4n) is 3.30. The van der Waals surface area contributed by atoms with Crippen molar-refractivity contribution in [3.8, 4) is 0 Å². The SMILES string of the molecule is CCNC(CSCC(C)C)C1CCCCC1CC. The molecule has 1 N–H and O–H groups in total. The van der Waals surface area contributed by atoms with Crippen LogP contribution in [0.3, 0.4) is 0 Å². The molecule has 0 amide bonds. The molecule has 0 spiro atoms. The second kappa shape index (κ2) is 9.25. The van der Waals surface area contributed by atoms with Crippen molar-refractivity contribution in [2.45, 2.75) is 65.8 Å². The maximum atomic E-state index is 3.77. The Balaban J connectivity index is 2.47. The van der Waals surface area contributed by atoms with E-state index in [1.807, 2.05) is 0 Å². The van der Waals surface area contributed by atoms with Crippen LogP contribution in [0.5, 0.6) is 0 Å². The van der Waals surface area contributed by atoms with Crippen molar-refractivity contribution in [1.29, 1.82) is 0 Å². The predicted octanol–water partition coefficient (Wildman–Crippen LogP) is 4.57. The zero-order valence-electron chi connectivity index (χ0n) is 12.9. The highest BCUT2D eigenvalue weighted by Crippen LogP contribution is 2.35. The van der Waals surface area contributed by atoms with Crippen LogP contribution in [0.15, 0.2) is 0 Å². The van der Waals surface area contributed by atoms with Crippen molar-refractivity contribution in [2.24, 2.45) is 17.8 Å². The summed E-state index contributed by atoms with van der Waals surface area (Å²) in [5.41, 5.74) is 0. The van der Waals surface area contributed by atoms with Crippen LogP contribution in [0.2, 0.25) is 0 Å². The van der Waals surface area contributed by atoms with Crippen LogP contribution in [0.25, 0.3) is 0 Å². The van der Waals surface area contributed by atoms with Crippen LogP contribution >= 0.6 is 11.8 Å². The third-order valence-corrected chi connectivity index (χ3v) is 5.72. The Hall–Kier alpha value is 0.310. The first-order valence-electron chi connectivity index (χ1n) is 8.00. The minimum Gasteiger partial charge on any atom is -0.313 e. The Morgan fingerprint density at radius 2 is 1.83 bits per heavy atom. The molecule has 1 aliphatic rings. The standard InChI is InChI=1S/C16H33NS/c1-5-14-9-7-8-10-15(14)16(17-6-2)12-18-11-13(3)4/h13-17H,5-12H2,1-4H3. The molecular weight excluding hydrogens is 238 g/mol. The highest BCUT2D eigenvalue weighted by molar-refractivity contribution is 7.99. The highest BCUT2D eigenvalue weighted by atomic mass is 32.2. The van der Waals surface area contributed by atoms with Gasteiger partial charge in [0.15, 0.2) is 0 Å². The smallest absolute Gasteiger partial charge is 0.0188 e. The molecule has 1 aliphatic carbocycles. The number of nitrogens with one attached hydrogen (secondary N) is 1. The van der Waals surface area contributed by atoms with E-state index >= 15 is 0 Å². The summed E-state index contributed by atoms with van der Waals surface area (Å²) < 4.78 is 0. The van der Waals surface area contributed by atoms with E-state index in [2.05, 4.69) is 44.8 Å². The minimum absolute atomic E-state index is 0.754. The summed E-state index contributed by atoms with van der Waals surface area (Å²) in [6.45, 7) is 10.4. The van der Waals surface area contributed by atoms with E-state index in [1.165, 1.54) is 43.6 Å². The van der Waals surface area contributed by atoms with Gasteiger partial charge in [-0.2, -0.15) is 11.8 Å². The lowest BCUT2D eigenvalue weighted by Crippen LogP contribution is -2.43. The van der Waals surface area contributed by atoms with E-state index < -0.39 is 0 Å². The highest BCUT2D eigenvalue weighted by Gasteiger charge is 2.30. The Morgan fingerprint density at radius 1 is 1.11 bits per heavy atom. The Bertz CT molecular complexity index is 205. The summed E-state index contributed by atoms with van der Waals surface area (Å²) in [6.07, 6.45) is 7.22. The van der Waals surface area contributed by atoms with Gasteiger partial charge >= 0.3 is 0 Å². The molecule has 18 heavy (non-hydrogen) atoms. The second-order valence-electron chi connectivity index (χ2n) is 6.21. The summed E-state index contributed by atoms with van der Waals surface area (Å²) in [5.74, 6) is 5.36. The molecule has 0 aromatic heterocycles. The van der Waals surface area contributed by atoms with E-state index in [1.54, 1.807) is 0 Å². The van der Waals surface area contributed by atoms with Crippen LogP contribution in [0, 0.1) is 17.8 Å². The van der Waals surface area contributed by atoms with E-state index in [-0.39, 0.29) is 0 Å². The van der Waals surface area contributed by atoms with Gasteiger partial charge in [0, 0.05) is 11.8 Å². The molecular formula is C16H33NS. The van der Waals surface area contributed by atoms with Crippen molar-refractivity contribution in [3.63, 3.8) is 0 Å². The Kier molecular flexibility index (Phi) is 8.41. The van der Waals surface area contributed by atoms with Crippen molar-refractivity contribution in [1.82, 2.24) is 5.32 Å². The number of hydrogen-bond acceptors (Lipinski definition) is 2. The van der Waals surface area contributed by atoms with E-state index in [0.717, 1.165) is 30.3 Å². The normalized spacial score (nSPS) is 26.5. The maximum absolute atomic E-state index is 3.77. The second-order valence-corrected chi connectivity index (χ2v) is 7.29. The molecule has 3 atom stereocenters. The van der Waals surface area contributed by atoms with Crippen LogP contribution < -0.4 is 5.32 Å².